The first-order chi connectivity index (χ1) is 12.0. The summed E-state index contributed by atoms with van der Waals surface area (Å²) in [4.78, 5) is 24.9. The van der Waals surface area contributed by atoms with Gasteiger partial charge in [-0.05, 0) is 61.2 Å². The number of anilines is 1. The standard InChI is InChI=1S/C19H18Cl2N2O2/c20-14-3-1-13(2-4-14)9-12-22-17(24)19(10-11-19)18(25)23-16-7-5-15(21)6-8-16/h1-8H,9-12H2,(H,22,24)(H,23,25). The van der Waals surface area contributed by atoms with Crippen molar-refractivity contribution < 1.29 is 9.59 Å². The van der Waals surface area contributed by atoms with Crippen LogP contribution in [-0.2, 0) is 16.0 Å². The molecule has 0 saturated heterocycles. The van der Waals surface area contributed by atoms with Crippen molar-refractivity contribution in [3.05, 3.63) is 64.1 Å². The average Bonchev–Trinajstić information content (AvgIpc) is 3.41. The molecule has 4 nitrogen and oxygen atoms in total. The zero-order chi connectivity index (χ0) is 17.9. The molecular weight excluding hydrogens is 359 g/mol. The van der Waals surface area contributed by atoms with Crippen LogP contribution in [0.4, 0.5) is 5.69 Å². The van der Waals surface area contributed by atoms with E-state index >= 15 is 0 Å². The number of benzene rings is 2. The Balaban J connectivity index is 1.52. The van der Waals surface area contributed by atoms with Gasteiger partial charge in [-0.2, -0.15) is 0 Å². The number of nitrogens with one attached hydrogen (secondary N) is 2. The molecule has 1 aliphatic rings. The van der Waals surface area contributed by atoms with Gasteiger partial charge in [-0.3, -0.25) is 9.59 Å². The van der Waals surface area contributed by atoms with E-state index in [9.17, 15) is 9.59 Å². The van der Waals surface area contributed by atoms with Gasteiger partial charge in [0.2, 0.25) is 11.8 Å². The Morgan fingerprint density at radius 2 is 1.44 bits per heavy atom. The highest BCUT2D eigenvalue weighted by molar-refractivity contribution is 6.30. The molecule has 2 N–H and O–H groups in total. The van der Waals surface area contributed by atoms with E-state index in [1.165, 1.54) is 0 Å². The first-order valence-corrected chi connectivity index (χ1v) is 8.85. The Labute approximate surface area is 156 Å². The molecule has 2 aromatic rings. The summed E-state index contributed by atoms with van der Waals surface area (Å²) in [6.07, 6.45) is 1.83. The lowest BCUT2D eigenvalue weighted by Gasteiger charge is -2.15. The Bertz CT molecular complexity index is 769. The molecule has 0 aromatic heterocycles. The van der Waals surface area contributed by atoms with Crippen LogP contribution in [0.25, 0.3) is 0 Å². The zero-order valence-electron chi connectivity index (χ0n) is 13.5. The first kappa shape index (κ1) is 17.8. The van der Waals surface area contributed by atoms with Gasteiger partial charge < -0.3 is 10.6 Å². The molecule has 0 aliphatic heterocycles. The van der Waals surface area contributed by atoms with Crippen LogP contribution in [0.1, 0.15) is 18.4 Å². The second-order valence-corrected chi connectivity index (χ2v) is 7.05. The van der Waals surface area contributed by atoms with Gasteiger partial charge in [-0.15, -0.1) is 0 Å². The van der Waals surface area contributed by atoms with Crippen LogP contribution in [0.2, 0.25) is 10.0 Å². The molecule has 25 heavy (non-hydrogen) atoms. The highest BCUT2D eigenvalue weighted by atomic mass is 35.5. The Morgan fingerprint density at radius 3 is 2.00 bits per heavy atom. The van der Waals surface area contributed by atoms with Gasteiger partial charge >= 0.3 is 0 Å². The lowest BCUT2D eigenvalue weighted by molar-refractivity contribution is -0.134. The molecule has 3 rings (SSSR count). The van der Waals surface area contributed by atoms with E-state index in [4.69, 9.17) is 23.2 Å². The highest BCUT2D eigenvalue weighted by Crippen LogP contribution is 2.46. The quantitative estimate of drug-likeness (QED) is 0.746. The minimum Gasteiger partial charge on any atom is -0.355 e. The van der Waals surface area contributed by atoms with Crippen LogP contribution >= 0.6 is 23.2 Å². The van der Waals surface area contributed by atoms with Gasteiger partial charge in [0.1, 0.15) is 5.41 Å². The lowest BCUT2D eigenvalue weighted by atomic mass is 10.0. The van der Waals surface area contributed by atoms with E-state index in [0.29, 0.717) is 41.5 Å². The summed E-state index contributed by atoms with van der Waals surface area (Å²) in [6, 6.07) is 14.3. The third kappa shape index (κ3) is 4.33. The van der Waals surface area contributed by atoms with E-state index in [1.807, 2.05) is 24.3 Å². The number of amides is 2. The molecule has 2 aromatic carbocycles. The fourth-order valence-corrected chi connectivity index (χ4v) is 2.86. The summed E-state index contributed by atoms with van der Waals surface area (Å²) in [6.45, 7) is 0.483. The number of hydrogen-bond donors (Lipinski definition) is 2. The van der Waals surface area contributed by atoms with E-state index < -0.39 is 5.41 Å². The van der Waals surface area contributed by atoms with Crippen molar-refractivity contribution in [3.63, 3.8) is 0 Å². The molecule has 1 saturated carbocycles. The highest BCUT2D eigenvalue weighted by Gasteiger charge is 2.56. The van der Waals surface area contributed by atoms with Gasteiger partial charge in [-0.1, -0.05) is 35.3 Å². The number of halogens is 2. The van der Waals surface area contributed by atoms with Gasteiger partial charge in [0.05, 0.1) is 0 Å². The third-order valence-electron chi connectivity index (χ3n) is 4.33. The van der Waals surface area contributed by atoms with Crippen LogP contribution in [0.3, 0.4) is 0 Å². The van der Waals surface area contributed by atoms with Crippen LogP contribution in [0.5, 0.6) is 0 Å². The van der Waals surface area contributed by atoms with E-state index in [1.54, 1.807) is 24.3 Å². The summed E-state index contributed by atoms with van der Waals surface area (Å²) in [5.41, 5.74) is 0.773. The summed E-state index contributed by atoms with van der Waals surface area (Å²) in [7, 11) is 0. The summed E-state index contributed by atoms with van der Waals surface area (Å²) < 4.78 is 0. The minimum atomic E-state index is -0.945. The Kier molecular flexibility index (Phi) is 5.30. The molecule has 0 radical (unpaired) electrons. The lowest BCUT2D eigenvalue weighted by Crippen LogP contribution is -2.40. The smallest absolute Gasteiger partial charge is 0.240 e. The van der Waals surface area contributed by atoms with Crippen molar-refractivity contribution in [3.8, 4) is 0 Å². The van der Waals surface area contributed by atoms with Gasteiger partial charge in [-0.25, -0.2) is 0 Å². The topological polar surface area (TPSA) is 58.2 Å². The molecule has 2 amide bonds. The Morgan fingerprint density at radius 1 is 0.880 bits per heavy atom. The molecule has 0 atom stereocenters. The van der Waals surface area contributed by atoms with Crippen LogP contribution in [0.15, 0.2) is 48.5 Å². The molecule has 0 unspecified atom stereocenters. The van der Waals surface area contributed by atoms with Gasteiger partial charge in [0.15, 0.2) is 0 Å². The molecular formula is C19H18Cl2N2O2. The maximum Gasteiger partial charge on any atom is 0.240 e. The van der Waals surface area contributed by atoms with Crippen LogP contribution in [0, 0.1) is 5.41 Å². The largest absolute Gasteiger partial charge is 0.355 e. The average molecular weight is 377 g/mol. The maximum atomic E-state index is 12.5. The van der Waals surface area contributed by atoms with Gasteiger partial charge in [0, 0.05) is 22.3 Å². The maximum absolute atomic E-state index is 12.5. The van der Waals surface area contributed by atoms with E-state index in [0.717, 1.165) is 5.56 Å². The van der Waals surface area contributed by atoms with Crippen LogP contribution in [-0.4, -0.2) is 18.4 Å². The van der Waals surface area contributed by atoms with E-state index in [2.05, 4.69) is 10.6 Å². The molecule has 1 aliphatic carbocycles. The molecule has 0 bridgehead atoms. The van der Waals surface area contributed by atoms with Crippen molar-refractivity contribution in [2.24, 2.45) is 5.41 Å². The third-order valence-corrected chi connectivity index (χ3v) is 4.84. The predicted molar refractivity (Wildman–Crippen MR) is 99.9 cm³/mol. The van der Waals surface area contributed by atoms with Crippen molar-refractivity contribution in [2.45, 2.75) is 19.3 Å². The zero-order valence-corrected chi connectivity index (χ0v) is 15.0. The number of hydrogen-bond acceptors (Lipinski definition) is 2. The second kappa shape index (κ2) is 7.46. The predicted octanol–water partition coefficient (Wildman–Crippen LogP) is 4.07. The van der Waals surface area contributed by atoms with Gasteiger partial charge in [0.25, 0.3) is 0 Å². The molecule has 1 fully saturated rings. The number of carbonyl (C=O) groups is 2. The molecule has 130 valence electrons. The summed E-state index contributed by atoms with van der Waals surface area (Å²) >= 11 is 11.7. The van der Waals surface area contributed by atoms with Crippen molar-refractivity contribution in [2.75, 3.05) is 11.9 Å². The fraction of sp³-hybridized carbons (Fsp3) is 0.263. The second-order valence-electron chi connectivity index (χ2n) is 6.18. The molecule has 6 heteroatoms. The van der Waals surface area contributed by atoms with Crippen molar-refractivity contribution in [1.82, 2.24) is 5.32 Å². The van der Waals surface area contributed by atoms with Crippen molar-refractivity contribution >= 4 is 40.7 Å². The minimum absolute atomic E-state index is 0.215. The molecule has 0 spiro atoms. The molecule has 0 heterocycles. The first-order valence-electron chi connectivity index (χ1n) is 8.09. The number of carbonyl (C=O) groups excluding carboxylic acids is 2. The fourth-order valence-electron chi connectivity index (χ4n) is 2.61. The SMILES string of the molecule is O=C(NCCc1ccc(Cl)cc1)C1(C(=O)Nc2ccc(Cl)cc2)CC1. The monoisotopic (exact) mass is 376 g/mol. The summed E-state index contributed by atoms with van der Waals surface area (Å²) in [5.74, 6) is -0.480. The number of rotatable bonds is 6. The normalized spacial score (nSPS) is 14.6. The van der Waals surface area contributed by atoms with Crippen molar-refractivity contribution in [1.29, 1.82) is 0 Å². The summed E-state index contributed by atoms with van der Waals surface area (Å²) in [5, 5.41) is 6.94. The van der Waals surface area contributed by atoms with Crippen LogP contribution < -0.4 is 10.6 Å². The Hall–Kier alpha value is -2.04. The van der Waals surface area contributed by atoms with E-state index in [-0.39, 0.29) is 11.8 Å².